The second kappa shape index (κ2) is 9.51. The molecule has 3 rings (SSSR count). The molecule has 1 N–H and O–H groups in total. The molecule has 15 heteroatoms. The van der Waals surface area contributed by atoms with Gasteiger partial charge in [0.2, 0.25) is 5.88 Å². The van der Waals surface area contributed by atoms with E-state index in [2.05, 4.69) is 14.7 Å². The molecule has 2 heterocycles. The summed E-state index contributed by atoms with van der Waals surface area (Å²) in [6, 6.07) is 2.49. The second-order valence-electron chi connectivity index (χ2n) is 6.46. The van der Waals surface area contributed by atoms with Gasteiger partial charge in [-0.1, -0.05) is 11.6 Å². The number of hydrogen-bond donors (Lipinski definition) is 1. The summed E-state index contributed by atoms with van der Waals surface area (Å²) in [4.78, 5) is 44.9. The first-order valence-electron chi connectivity index (χ1n) is 9.09. The number of aromatic nitrogens is 4. The van der Waals surface area contributed by atoms with Crippen LogP contribution in [0.1, 0.15) is 12.6 Å². The van der Waals surface area contributed by atoms with Gasteiger partial charge in [-0.05, 0) is 13.0 Å². The van der Waals surface area contributed by atoms with Crippen molar-refractivity contribution in [3.63, 3.8) is 0 Å². The molecule has 1 unspecified atom stereocenters. The lowest BCUT2D eigenvalue weighted by molar-refractivity contribution is -0.148. The van der Waals surface area contributed by atoms with Crippen LogP contribution in [0.2, 0.25) is 5.02 Å². The fraction of sp³-hybridized carbons (Fsp3) is 0.211. The highest BCUT2D eigenvalue weighted by Crippen LogP contribution is 2.32. The van der Waals surface area contributed by atoms with Crippen molar-refractivity contribution in [2.45, 2.75) is 19.2 Å². The Morgan fingerprint density at radius 3 is 2.56 bits per heavy atom. The zero-order chi connectivity index (χ0) is 25.2. The fourth-order valence-electron chi connectivity index (χ4n) is 2.58. The summed E-state index contributed by atoms with van der Waals surface area (Å²) in [5, 5.41) is -0.338. The molecular formula is C19H13ClF4N4O6. The molecule has 0 bridgehead atoms. The minimum Gasteiger partial charge on any atom is -0.466 e. The molecule has 0 aliphatic rings. The number of methoxy groups -OCH3 is 1. The number of esters is 1. The Balaban J connectivity index is 1.99. The van der Waals surface area contributed by atoms with E-state index in [9.17, 15) is 31.9 Å². The Morgan fingerprint density at radius 2 is 1.94 bits per heavy atom. The SMILES string of the molecule is COC(=O)C(C)Oc1ccnc(Oc2cc(-n3c(=O)cc(C(F)(F)F)[nH]c3=O)c(F)cc2Cl)n1. The Bertz CT molecular complexity index is 1330. The minimum atomic E-state index is -5.00. The Morgan fingerprint density at radius 1 is 1.24 bits per heavy atom. The lowest BCUT2D eigenvalue weighted by Crippen LogP contribution is -2.36. The van der Waals surface area contributed by atoms with Gasteiger partial charge in [-0.25, -0.2) is 23.5 Å². The molecule has 0 radical (unpaired) electrons. The van der Waals surface area contributed by atoms with Crippen molar-refractivity contribution < 1.29 is 36.6 Å². The van der Waals surface area contributed by atoms with Crippen molar-refractivity contribution in [3.05, 3.63) is 67.8 Å². The quantitative estimate of drug-likeness (QED) is 0.401. The second-order valence-corrected chi connectivity index (χ2v) is 6.86. The van der Waals surface area contributed by atoms with Crippen LogP contribution >= 0.6 is 11.6 Å². The van der Waals surface area contributed by atoms with Crippen LogP contribution in [0.3, 0.4) is 0 Å². The Hall–Kier alpha value is -3.94. The number of halogens is 5. The normalized spacial score (nSPS) is 12.2. The molecule has 0 fully saturated rings. The van der Waals surface area contributed by atoms with Crippen molar-refractivity contribution in [3.8, 4) is 23.3 Å². The molecule has 0 amide bonds. The number of H-pyrrole nitrogens is 1. The van der Waals surface area contributed by atoms with E-state index in [-0.39, 0.29) is 33.3 Å². The van der Waals surface area contributed by atoms with E-state index < -0.39 is 46.7 Å². The number of carbonyl (C=O) groups excluding carboxylic acids is 1. The van der Waals surface area contributed by atoms with Crippen LogP contribution in [0, 0.1) is 5.82 Å². The van der Waals surface area contributed by atoms with Gasteiger partial charge in [-0.3, -0.25) is 4.79 Å². The number of carbonyl (C=O) groups is 1. The van der Waals surface area contributed by atoms with Crippen LogP contribution in [0.5, 0.6) is 17.6 Å². The third kappa shape index (κ3) is 5.33. The van der Waals surface area contributed by atoms with Crippen LogP contribution < -0.4 is 20.7 Å². The van der Waals surface area contributed by atoms with Crippen molar-refractivity contribution >= 4 is 17.6 Å². The first kappa shape index (κ1) is 24.7. The molecule has 0 aliphatic carbocycles. The number of rotatable bonds is 6. The highest BCUT2D eigenvalue weighted by molar-refractivity contribution is 6.32. The first-order valence-corrected chi connectivity index (χ1v) is 9.47. The smallest absolute Gasteiger partial charge is 0.431 e. The first-order chi connectivity index (χ1) is 15.9. The zero-order valence-electron chi connectivity index (χ0n) is 17.1. The van der Waals surface area contributed by atoms with Gasteiger partial charge in [0, 0.05) is 24.4 Å². The number of benzene rings is 1. The maximum absolute atomic E-state index is 14.5. The summed E-state index contributed by atoms with van der Waals surface area (Å²) in [6.07, 6.45) is -4.82. The summed E-state index contributed by atoms with van der Waals surface area (Å²) in [7, 11) is 1.16. The molecular weight excluding hydrogens is 492 g/mol. The number of nitrogens with one attached hydrogen (secondary N) is 1. The van der Waals surface area contributed by atoms with Crippen LogP contribution in [0.15, 0.2) is 40.1 Å². The van der Waals surface area contributed by atoms with Gasteiger partial charge in [0.25, 0.3) is 5.56 Å². The molecule has 0 saturated carbocycles. The molecule has 180 valence electrons. The van der Waals surface area contributed by atoms with E-state index in [4.69, 9.17) is 21.1 Å². The van der Waals surface area contributed by atoms with Crippen molar-refractivity contribution in [1.29, 1.82) is 0 Å². The average molecular weight is 505 g/mol. The minimum absolute atomic E-state index is 0.0996. The lowest BCUT2D eigenvalue weighted by atomic mass is 10.2. The van der Waals surface area contributed by atoms with E-state index in [0.29, 0.717) is 6.07 Å². The number of hydrogen-bond acceptors (Lipinski definition) is 8. The van der Waals surface area contributed by atoms with E-state index >= 15 is 0 Å². The average Bonchev–Trinajstić information content (AvgIpc) is 2.75. The van der Waals surface area contributed by atoms with Gasteiger partial charge < -0.3 is 19.2 Å². The van der Waals surface area contributed by atoms with Crippen molar-refractivity contribution in [2.24, 2.45) is 0 Å². The molecule has 0 aliphatic heterocycles. The summed E-state index contributed by atoms with van der Waals surface area (Å²) < 4.78 is 68.3. The molecule has 0 spiro atoms. The van der Waals surface area contributed by atoms with Crippen molar-refractivity contribution in [2.75, 3.05) is 7.11 Å². The van der Waals surface area contributed by atoms with Gasteiger partial charge in [0.05, 0.1) is 17.8 Å². The van der Waals surface area contributed by atoms with Gasteiger partial charge in [0.15, 0.2) is 11.9 Å². The third-order valence-electron chi connectivity index (χ3n) is 4.12. The number of aromatic amines is 1. The third-order valence-corrected chi connectivity index (χ3v) is 4.42. The topological polar surface area (TPSA) is 125 Å². The van der Waals surface area contributed by atoms with E-state index in [1.807, 2.05) is 0 Å². The van der Waals surface area contributed by atoms with E-state index in [1.54, 1.807) is 0 Å². The molecule has 2 aromatic heterocycles. The molecule has 3 aromatic rings. The molecule has 1 atom stereocenters. The number of ether oxygens (including phenoxy) is 3. The zero-order valence-corrected chi connectivity index (χ0v) is 17.9. The lowest BCUT2D eigenvalue weighted by Gasteiger charge is -2.13. The number of nitrogens with zero attached hydrogens (tertiary/aromatic N) is 3. The summed E-state index contributed by atoms with van der Waals surface area (Å²) in [6.45, 7) is 1.40. The predicted molar refractivity (Wildman–Crippen MR) is 107 cm³/mol. The maximum Gasteiger partial charge on any atom is 0.431 e. The van der Waals surface area contributed by atoms with E-state index in [1.165, 1.54) is 24.2 Å². The van der Waals surface area contributed by atoms with Gasteiger partial charge >= 0.3 is 23.8 Å². The van der Waals surface area contributed by atoms with Crippen LogP contribution in [0.4, 0.5) is 17.6 Å². The van der Waals surface area contributed by atoms with Crippen molar-refractivity contribution in [1.82, 2.24) is 19.5 Å². The molecule has 0 saturated heterocycles. The summed E-state index contributed by atoms with van der Waals surface area (Å²) in [5.74, 6) is -2.33. The predicted octanol–water partition coefficient (Wildman–Crippen LogP) is 2.86. The summed E-state index contributed by atoms with van der Waals surface area (Å²) in [5.41, 5.74) is -5.34. The standard InChI is InChI=1S/C19H13ClF4N4O6/c1-8(16(30)32-2)33-14-3-4-25-17(27-14)34-12-6-11(10(21)5-9(12)20)28-15(29)7-13(19(22,23)24)26-18(28)31/h3-8H,1-2H3,(H,26,31). The van der Waals surface area contributed by atoms with E-state index in [0.717, 1.165) is 13.2 Å². The van der Waals surface area contributed by atoms with Gasteiger partial charge in [-0.15, -0.1) is 0 Å². The summed E-state index contributed by atoms with van der Waals surface area (Å²) >= 11 is 5.95. The Labute approximate surface area is 191 Å². The monoisotopic (exact) mass is 504 g/mol. The molecule has 1 aromatic carbocycles. The van der Waals surface area contributed by atoms with Crippen LogP contribution in [0.25, 0.3) is 5.69 Å². The molecule has 34 heavy (non-hydrogen) atoms. The van der Waals surface area contributed by atoms with Gasteiger partial charge in [-0.2, -0.15) is 18.2 Å². The fourth-order valence-corrected chi connectivity index (χ4v) is 2.77. The largest absolute Gasteiger partial charge is 0.466 e. The van der Waals surface area contributed by atoms with Gasteiger partial charge in [0.1, 0.15) is 11.5 Å². The highest BCUT2D eigenvalue weighted by Gasteiger charge is 2.33. The highest BCUT2D eigenvalue weighted by atomic mass is 35.5. The number of alkyl halides is 3. The van der Waals surface area contributed by atoms with Crippen LogP contribution in [-0.2, 0) is 15.7 Å². The maximum atomic E-state index is 14.5. The molecule has 10 nitrogen and oxygen atoms in total. The van der Waals surface area contributed by atoms with Crippen LogP contribution in [-0.4, -0.2) is 38.7 Å². The Kier molecular flexibility index (Phi) is 6.91.